The number of fused-ring (bicyclic) bond motifs is 1. The normalized spacial score (nSPS) is 15.1. The second kappa shape index (κ2) is 4.89. The Labute approximate surface area is 114 Å². The third-order valence-corrected chi connectivity index (χ3v) is 3.25. The molecule has 19 heavy (non-hydrogen) atoms. The highest BCUT2D eigenvalue weighted by Crippen LogP contribution is 2.29. The van der Waals surface area contributed by atoms with Crippen LogP contribution in [0.1, 0.15) is 26.3 Å². The minimum absolute atomic E-state index is 0.112. The van der Waals surface area contributed by atoms with Gasteiger partial charge < -0.3 is 4.90 Å². The summed E-state index contributed by atoms with van der Waals surface area (Å²) in [4.78, 5) is 14.2. The predicted molar refractivity (Wildman–Crippen MR) is 75.7 cm³/mol. The minimum Gasteiger partial charge on any atom is -0.346 e. The first-order valence-electron chi connectivity index (χ1n) is 6.45. The van der Waals surface area contributed by atoms with Crippen molar-refractivity contribution in [1.29, 1.82) is 5.26 Å². The number of nitrogens with zero attached hydrogens (tertiary/aromatic N) is 2. The summed E-state index contributed by atoms with van der Waals surface area (Å²) in [5.41, 5.74) is 2.06. The van der Waals surface area contributed by atoms with Crippen LogP contribution >= 0.6 is 0 Å². The van der Waals surface area contributed by atoms with Crippen LogP contribution in [0.25, 0.3) is 0 Å². The summed E-state index contributed by atoms with van der Waals surface area (Å²) in [7, 11) is 0. The number of para-hydroxylation sites is 1. The molecule has 0 unspecified atom stereocenters. The van der Waals surface area contributed by atoms with Crippen LogP contribution in [0.5, 0.6) is 0 Å². The Morgan fingerprint density at radius 1 is 1.37 bits per heavy atom. The van der Waals surface area contributed by atoms with Gasteiger partial charge in [0.2, 0.25) is 0 Å². The summed E-state index contributed by atoms with van der Waals surface area (Å²) in [5, 5.41) is 9.20. The standard InChI is InChI=1S/C16H18N2O/c1-16(2,3)15(19)13(10-17)11-18-9-8-12-6-4-5-7-14(12)18/h4-7,11H,8-9H2,1-3H3/b13-11+. The van der Waals surface area contributed by atoms with Gasteiger partial charge in [0.25, 0.3) is 0 Å². The van der Waals surface area contributed by atoms with Crippen molar-refractivity contribution < 1.29 is 4.79 Å². The highest BCUT2D eigenvalue weighted by molar-refractivity contribution is 6.02. The number of Topliss-reactive ketones (excluding diaryl/α,β-unsaturated/α-hetero) is 1. The van der Waals surface area contributed by atoms with Crippen LogP contribution in [0.15, 0.2) is 36.0 Å². The molecule has 0 bridgehead atoms. The monoisotopic (exact) mass is 254 g/mol. The molecule has 0 saturated heterocycles. The first-order chi connectivity index (χ1) is 8.93. The lowest BCUT2D eigenvalue weighted by Gasteiger charge is -2.18. The first-order valence-corrected chi connectivity index (χ1v) is 6.45. The number of anilines is 1. The van der Waals surface area contributed by atoms with Crippen LogP contribution in [0.3, 0.4) is 0 Å². The molecule has 98 valence electrons. The van der Waals surface area contributed by atoms with Gasteiger partial charge in [-0.1, -0.05) is 39.0 Å². The Balaban J connectivity index is 2.32. The summed E-state index contributed by atoms with van der Waals surface area (Å²) in [6, 6.07) is 10.1. The molecule has 0 atom stereocenters. The van der Waals surface area contributed by atoms with E-state index in [0.717, 1.165) is 18.7 Å². The third-order valence-electron chi connectivity index (χ3n) is 3.25. The average molecular weight is 254 g/mol. The third kappa shape index (κ3) is 2.68. The molecule has 1 aliphatic rings. The quantitative estimate of drug-likeness (QED) is 0.602. The number of hydrogen-bond acceptors (Lipinski definition) is 3. The van der Waals surface area contributed by atoms with Gasteiger partial charge in [-0.3, -0.25) is 4.79 Å². The molecule has 0 spiro atoms. The zero-order valence-electron chi connectivity index (χ0n) is 11.6. The van der Waals surface area contributed by atoms with Gasteiger partial charge in [0.15, 0.2) is 5.78 Å². The number of hydrogen-bond donors (Lipinski definition) is 0. The molecule has 0 amide bonds. The van der Waals surface area contributed by atoms with E-state index >= 15 is 0 Å². The predicted octanol–water partition coefficient (Wildman–Crippen LogP) is 3.07. The van der Waals surface area contributed by atoms with E-state index in [2.05, 4.69) is 6.07 Å². The minimum atomic E-state index is -0.527. The Hall–Kier alpha value is -2.08. The summed E-state index contributed by atoms with van der Waals surface area (Å²) in [6.07, 6.45) is 2.65. The van der Waals surface area contributed by atoms with E-state index in [1.165, 1.54) is 5.56 Å². The van der Waals surface area contributed by atoms with Crippen molar-refractivity contribution in [3.63, 3.8) is 0 Å². The van der Waals surface area contributed by atoms with Crippen molar-refractivity contribution in [3.8, 4) is 6.07 Å². The maximum Gasteiger partial charge on any atom is 0.180 e. The van der Waals surface area contributed by atoms with Gasteiger partial charge in [-0.25, -0.2) is 0 Å². The van der Waals surface area contributed by atoms with Crippen LogP contribution in [0.2, 0.25) is 0 Å². The summed E-state index contributed by atoms with van der Waals surface area (Å²) >= 11 is 0. The fraction of sp³-hybridized carbons (Fsp3) is 0.375. The molecule has 0 radical (unpaired) electrons. The number of rotatable bonds is 2. The van der Waals surface area contributed by atoms with Gasteiger partial charge in [-0.15, -0.1) is 0 Å². The van der Waals surface area contributed by atoms with Gasteiger partial charge in [0.05, 0.1) is 0 Å². The van der Waals surface area contributed by atoms with Gasteiger partial charge in [-0.2, -0.15) is 5.26 Å². The van der Waals surface area contributed by atoms with E-state index in [-0.39, 0.29) is 11.4 Å². The molecule has 0 N–H and O–H groups in total. The lowest BCUT2D eigenvalue weighted by atomic mass is 9.87. The Morgan fingerprint density at radius 2 is 2.05 bits per heavy atom. The fourth-order valence-electron chi connectivity index (χ4n) is 2.20. The van der Waals surface area contributed by atoms with E-state index in [1.54, 1.807) is 6.20 Å². The number of ketones is 1. The molecular weight excluding hydrogens is 236 g/mol. The molecule has 1 heterocycles. The number of carbonyl (C=O) groups is 1. The molecule has 3 nitrogen and oxygen atoms in total. The number of nitriles is 1. The summed E-state index contributed by atoms with van der Waals surface area (Å²) < 4.78 is 0. The van der Waals surface area contributed by atoms with Crippen molar-refractivity contribution in [3.05, 3.63) is 41.6 Å². The Morgan fingerprint density at radius 3 is 2.68 bits per heavy atom. The maximum absolute atomic E-state index is 12.2. The van der Waals surface area contributed by atoms with Crippen LogP contribution < -0.4 is 4.90 Å². The van der Waals surface area contributed by atoms with Crippen molar-refractivity contribution in [1.82, 2.24) is 0 Å². The van der Waals surface area contributed by atoms with Crippen molar-refractivity contribution >= 4 is 11.5 Å². The van der Waals surface area contributed by atoms with Crippen molar-refractivity contribution in [2.75, 3.05) is 11.4 Å². The van der Waals surface area contributed by atoms with Crippen molar-refractivity contribution in [2.45, 2.75) is 27.2 Å². The maximum atomic E-state index is 12.2. The highest BCUT2D eigenvalue weighted by Gasteiger charge is 2.26. The first kappa shape index (κ1) is 13.4. The van der Waals surface area contributed by atoms with Crippen LogP contribution in [0, 0.1) is 16.7 Å². The molecule has 1 aliphatic heterocycles. The molecule has 0 aliphatic carbocycles. The van der Waals surface area contributed by atoms with Crippen LogP contribution in [-0.2, 0) is 11.2 Å². The highest BCUT2D eigenvalue weighted by atomic mass is 16.1. The number of carbonyl (C=O) groups excluding carboxylic acids is 1. The van der Waals surface area contributed by atoms with E-state index in [9.17, 15) is 10.1 Å². The van der Waals surface area contributed by atoms with E-state index in [0.29, 0.717) is 0 Å². The molecule has 2 rings (SSSR count). The average Bonchev–Trinajstić information content (AvgIpc) is 2.77. The zero-order chi connectivity index (χ0) is 14.0. The lowest BCUT2D eigenvalue weighted by Crippen LogP contribution is -2.24. The second-order valence-electron chi connectivity index (χ2n) is 5.81. The van der Waals surface area contributed by atoms with E-state index in [1.807, 2.05) is 49.9 Å². The number of allylic oxidation sites excluding steroid dienone is 1. The van der Waals surface area contributed by atoms with Gasteiger partial charge in [-0.05, 0) is 18.1 Å². The van der Waals surface area contributed by atoms with Crippen molar-refractivity contribution in [2.24, 2.45) is 5.41 Å². The Bertz CT molecular complexity index is 573. The summed E-state index contributed by atoms with van der Waals surface area (Å²) in [5.74, 6) is -0.112. The Kier molecular flexibility index (Phi) is 3.44. The molecule has 1 aromatic carbocycles. The van der Waals surface area contributed by atoms with Gasteiger partial charge in [0.1, 0.15) is 11.6 Å². The smallest absolute Gasteiger partial charge is 0.180 e. The van der Waals surface area contributed by atoms with Crippen LogP contribution in [0.4, 0.5) is 5.69 Å². The molecule has 0 fully saturated rings. The fourth-order valence-corrected chi connectivity index (χ4v) is 2.20. The zero-order valence-corrected chi connectivity index (χ0v) is 11.6. The van der Waals surface area contributed by atoms with Crippen LogP contribution in [-0.4, -0.2) is 12.3 Å². The second-order valence-corrected chi connectivity index (χ2v) is 5.81. The van der Waals surface area contributed by atoms with Gasteiger partial charge in [0, 0.05) is 23.8 Å². The molecular formula is C16H18N2O. The molecule has 0 saturated carbocycles. The van der Waals surface area contributed by atoms with E-state index < -0.39 is 5.41 Å². The number of benzene rings is 1. The SMILES string of the molecule is CC(C)(C)C(=O)/C(C#N)=C/N1CCc2ccccc21. The largest absolute Gasteiger partial charge is 0.346 e. The molecule has 3 heteroatoms. The molecule has 0 aromatic heterocycles. The summed E-state index contributed by atoms with van der Waals surface area (Å²) in [6.45, 7) is 6.32. The lowest BCUT2D eigenvalue weighted by molar-refractivity contribution is -0.122. The topological polar surface area (TPSA) is 44.1 Å². The van der Waals surface area contributed by atoms with E-state index in [4.69, 9.17) is 0 Å². The van der Waals surface area contributed by atoms with Gasteiger partial charge >= 0.3 is 0 Å². The molecule has 1 aromatic rings.